The minimum absolute atomic E-state index is 0.00852. The summed E-state index contributed by atoms with van der Waals surface area (Å²) in [7, 11) is 0. The van der Waals surface area contributed by atoms with Crippen molar-refractivity contribution in [1.82, 2.24) is 4.98 Å². The van der Waals surface area contributed by atoms with Crippen LogP contribution in [0.15, 0.2) is 85.1 Å². The van der Waals surface area contributed by atoms with E-state index >= 15 is 0 Å². The number of carbonyl (C=O) groups excluding carboxylic acids is 2. The molecule has 0 aliphatic carbocycles. The third kappa shape index (κ3) is 3.67. The molecule has 0 saturated heterocycles. The minimum atomic E-state index is -0.151. The summed E-state index contributed by atoms with van der Waals surface area (Å²) in [6.07, 6.45) is 1.58. The molecule has 3 aromatic carbocycles. The Hall–Kier alpha value is -3.79. The lowest BCUT2D eigenvalue weighted by atomic mass is 10.1. The standard InChI is InChI=1S/C24H18N2O2/c1-16(27)21-10-13-23(25-15-21)18-8-11-22(12-9-18)26-24(28)20-7-6-17-4-2-3-5-19(17)14-20/h2-15H,1H3,(H,26,28). The summed E-state index contributed by atoms with van der Waals surface area (Å²) in [5.41, 5.74) is 3.60. The first-order valence-electron chi connectivity index (χ1n) is 8.98. The molecule has 4 rings (SSSR count). The molecule has 1 aromatic heterocycles. The molecule has 0 spiro atoms. The Morgan fingerprint density at radius 2 is 1.50 bits per heavy atom. The molecular formula is C24H18N2O2. The summed E-state index contributed by atoms with van der Waals surface area (Å²) in [5.74, 6) is -0.159. The van der Waals surface area contributed by atoms with E-state index in [1.807, 2.05) is 72.8 Å². The van der Waals surface area contributed by atoms with Crippen LogP contribution in [0, 0.1) is 0 Å². The van der Waals surface area contributed by atoms with Gasteiger partial charge < -0.3 is 5.32 Å². The molecule has 0 aliphatic heterocycles. The van der Waals surface area contributed by atoms with Gasteiger partial charge >= 0.3 is 0 Å². The predicted octanol–water partition coefficient (Wildman–Crippen LogP) is 5.36. The molecule has 4 heteroatoms. The zero-order chi connectivity index (χ0) is 19.5. The van der Waals surface area contributed by atoms with Crippen LogP contribution in [0.4, 0.5) is 5.69 Å². The second-order valence-electron chi connectivity index (χ2n) is 6.58. The molecule has 4 nitrogen and oxygen atoms in total. The van der Waals surface area contributed by atoms with Gasteiger partial charge in [-0.05, 0) is 54.1 Å². The average Bonchev–Trinajstić information content (AvgIpc) is 2.74. The molecule has 0 radical (unpaired) electrons. The lowest BCUT2D eigenvalue weighted by Crippen LogP contribution is -2.11. The SMILES string of the molecule is CC(=O)c1ccc(-c2ccc(NC(=O)c3ccc4ccccc4c3)cc2)nc1. The zero-order valence-corrected chi connectivity index (χ0v) is 15.3. The molecule has 0 fully saturated rings. The van der Waals surface area contributed by atoms with E-state index in [0.717, 1.165) is 22.0 Å². The van der Waals surface area contributed by atoms with E-state index in [9.17, 15) is 9.59 Å². The number of amides is 1. The average molecular weight is 366 g/mol. The van der Waals surface area contributed by atoms with E-state index in [0.29, 0.717) is 16.8 Å². The van der Waals surface area contributed by atoms with Crippen LogP contribution in [-0.2, 0) is 0 Å². The number of Topliss-reactive ketones (excluding diaryl/α,β-unsaturated/α-hetero) is 1. The Morgan fingerprint density at radius 3 is 2.18 bits per heavy atom. The van der Waals surface area contributed by atoms with Crippen LogP contribution in [-0.4, -0.2) is 16.7 Å². The Balaban J connectivity index is 1.50. The molecule has 0 aliphatic rings. The molecule has 1 N–H and O–H groups in total. The van der Waals surface area contributed by atoms with Crippen LogP contribution >= 0.6 is 0 Å². The number of ketones is 1. The maximum atomic E-state index is 12.6. The fraction of sp³-hybridized carbons (Fsp3) is 0.0417. The van der Waals surface area contributed by atoms with E-state index in [4.69, 9.17) is 0 Å². The number of anilines is 1. The summed E-state index contributed by atoms with van der Waals surface area (Å²) in [5, 5.41) is 5.06. The van der Waals surface area contributed by atoms with E-state index in [2.05, 4.69) is 10.3 Å². The highest BCUT2D eigenvalue weighted by Crippen LogP contribution is 2.21. The van der Waals surface area contributed by atoms with Gasteiger partial charge in [-0.15, -0.1) is 0 Å². The van der Waals surface area contributed by atoms with E-state index in [-0.39, 0.29) is 11.7 Å². The fourth-order valence-electron chi connectivity index (χ4n) is 3.03. The Kier molecular flexibility index (Phi) is 4.68. The van der Waals surface area contributed by atoms with Crippen molar-refractivity contribution in [1.29, 1.82) is 0 Å². The Labute approximate surface area is 162 Å². The summed E-state index contributed by atoms with van der Waals surface area (Å²) in [4.78, 5) is 28.2. The lowest BCUT2D eigenvalue weighted by molar-refractivity contribution is 0.101. The molecule has 1 heterocycles. The molecule has 0 atom stereocenters. The van der Waals surface area contributed by atoms with E-state index in [1.165, 1.54) is 6.92 Å². The van der Waals surface area contributed by atoms with Crippen molar-refractivity contribution in [3.8, 4) is 11.3 Å². The quantitative estimate of drug-likeness (QED) is 0.495. The number of nitrogens with zero attached hydrogens (tertiary/aromatic N) is 1. The van der Waals surface area contributed by atoms with Crippen molar-refractivity contribution < 1.29 is 9.59 Å². The second kappa shape index (κ2) is 7.45. The number of aromatic nitrogens is 1. The van der Waals surface area contributed by atoms with Crippen molar-refractivity contribution in [3.63, 3.8) is 0 Å². The first-order chi connectivity index (χ1) is 13.6. The molecule has 0 bridgehead atoms. The second-order valence-corrected chi connectivity index (χ2v) is 6.58. The van der Waals surface area contributed by atoms with Crippen LogP contribution < -0.4 is 5.32 Å². The number of hydrogen-bond donors (Lipinski definition) is 1. The Bertz CT molecular complexity index is 1160. The summed E-state index contributed by atoms with van der Waals surface area (Å²) in [6, 6.07) is 24.7. The minimum Gasteiger partial charge on any atom is -0.322 e. The van der Waals surface area contributed by atoms with Gasteiger partial charge in [0.15, 0.2) is 5.78 Å². The molecule has 136 valence electrons. The molecule has 28 heavy (non-hydrogen) atoms. The number of nitrogens with one attached hydrogen (secondary N) is 1. The third-order valence-corrected chi connectivity index (χ3v) is 4.62. The van der Waals surface area contributed by atoms with E-state index in [1.54, 1.807) is 12.3 Å². The predicted molar refractivity (Wildman–Crippen MR) is 112 cm³/mol. The van der Waals surface area contributed by atoms with Crippen LogP contribution in [0.1, 0.15) is 27.6 Å². The van der Waals surface area contributed by atoms with Gasteiger partial charge in [0.2, 0.25) is 0 Å². The first kappa shape index (κ1) is 17.6. The molecule has 1 amide bonds. The zero-order valence-electron chi connectivity index (χ0n) is 15.3. The molecule has 0 unspecified atom stereocenters. The topological polar surface area (TPSA) is 59.1 Å². The number of carbonyl (C=O) groups is 2. The van der Waals surface area contributed by atoms with Gasteiger partial charge in [0.25, 0.3) is 5.91 Å². The third-order valence-electron chi connectivity index (χ3n) is 4.62. The molecule has 4 aromatic rings. The number of hydrogen-bond acceptors (Lipinski definition) is 3. The van der Waals surface area contributed by atoms with E-state index < -0.39 is 0 Å². The summed E-state index contributed by atoms with van der Waals surface area (Å²) >= 11 is 0. The molecule has 0 saturated carbocycles. The number of pyridine rings is 1. The first-order valence-corrected chi connectivity index (χ1v) is 8.98. The summed E-state index contributed by atoms with van der Waals surface area (Å²) < 4.78 is 0. The maximum Gasteiger partial charge on any atom is 0.255 e. The van der Waals surface area contributed by atoms with Crippen LogP contribution in [0.3, 0.4) is 0 Å². The van der Waals surface area contributed by atoms with Gasteiger partial charge in [0.1, 0.15) is 0 Å². The maximum absolute atomic E-state index is 12.6. The lowest BCUT2D eigenvalue weighted by Gasteiger charge is -2.08. The highest BCUT2D eigenvalue weighted by Gasteiger charge is 2.08. The van der Waals surface area contributed by atoms with Crippen LogP contribution in [0.25, 0.3) is 22.0 Å². The van der Waals surface area contributed by atoms with Gasteiger partial charge in [0, 0.05) is 28.6 Å². The highest BCUT2D eigenvalue weighted by atomic mass is 16.1. The number of fused-ring (bicyclic) bond motifs is 1. The van der Waals surface area contributed by atoms with Gasteiger partial charge in [-0.2, -0.15) is 0 Å². The fourth-order valence-corrected chi connectivity index (χ4v) is 3.03. The summed E-state index contributed by atoms with van der Waals surface area (Å²) in [6.45, 7) is 1.52. The van der Waals surface area contributed by atoms with Crippen molar-refractivity contribution >= 4 is 28.2 Å². The van der Waals surface area contributed by atoms with Crippen LogP contribution in [0.2, 0.25) is 0 Å². The monoisotopic (exact) mass is 366 g/mol. The normalized spacial score (nSPS) is 10.6. The number of benzene rings is 3. The largest absolute Gasteiger partial charge is 0.322 e. The van der Waals surface area contributed by atoms with Gasteiger partial charge in [-0.1, -0.05) is 42.5 Å². The van der Waals surface area contributed by atoms with Crippen molar-refractivity contribution in [2.75, 3.05) is 5.32 Å². The van der Waals surface area contributed by atoms with Crippen molar-refractivity contribution in [2.45, 2.75) is 6.92 Å². The Morgan fingerprint density at radius 1 is 0.786 bits per heavy atom. The smallest absolute Gasteiger partial charge is 0.255 e. The van der Waals surface area contributed by atoms with Gasteiger partial charge in [0.05, 0.1) is 5.69 Å². The van der Waals surface area contributed by atoms with Gasteiger partial charge in [-0.25, -0.2) is 0 Å². The molecular weight excluding hydrogens is 348 g/mol. The highest BCUT2D eigenvalue weighted by molar-refractivity contribution is 6.06. The number of rotatable bonds is 4. The van der Waals surface area contributed by atoms with Crippen molar-refractivity contribution in [2.24, 2.45) is 0 Å². The van der Waals surface area contributed by atoms with Crippen molar-refractivity contribution in [3.05, 3.63) is 96.2 Å². The van der Waals surface area contributed by atoms with Crippen LogP contribution in [0.5, 0.6) is 0 Å². The van der Waals surface area contributed by atoms with Gasteiger partial charge in [-0.3, -0.25) is 14.6 Å².